The Morgan fingerprint density at radius 1 is 1.24 bits per heavy atom. The highest BCUT2D eigenvalue weighted by molar-refractivity contribution is 5.73. The Bertz CT molecular complexity index is 438. The van der Waals surface area contributed by atoms with Crippen molar-refractivity contribution in [1.29, 1.82) is 0 Å². The topological polar surface area (TPSA) is 70.6 Å². The summed E-state index contributed by atoms with van der Waals surface area (Å²) in [6, 6.07) is 2.86. The molecule has 2 amide bonds. The van der Waals surface area contributed by atoms with Crippen molar-refractivity contribution in [3.8, 4) is 0 Å². The smallest absolute Gasteiger partial charge is 0.314 e. The van der Waals surface area contributed by atoms with Gasteiger partial charge in [0.05, 0.1) is 12.7 Å². The number of ether oxygens (including phenoxy) is 1. The number of rotatable bonds is 8. The molecule has 0 radical (unpaired) electrons. The second kappa shape index (κ2) is 9.25. The number of amides is 2. The SMILES string of the molecule is COCC(O)CCNC(=O)NCCc1cc(F)cc(F)c1. The van der Waals surface area contributed by atoms with Gasteiger partial charge in [0.1, 0.15) is 11.6 Å². The third-order valence-corrected chi connectivity index (χ3v) is 2.74. The largest absolute Gasteiger partial charge is 0.391 e. The lowest BCUT2D eigenvalue weighted by Gasteiger charge is -2.11. The quantitative estimate of drug-likeness (QED) is 0.676. The third kappa shape index (κ3) is 7.57. The molecule has 5 nitrogen and oxygen atoms in total. The van der Waals surface area contributed by atoms with Crippen molar-refractivity contribution >= 4 is 6.03 Å². The Kier molecular flexibility index (Phi) is 7.63. The predicted octanol–water partition coefficient (Wildman–Crippen LogP) is 1.20. The molecule has 0 bridgehead atoms. The fourth-order valence-corrected chi connectivity index (χ4v) is 1.77. The van der Waals surface area contributed by atoms with E-state index in [0.717, 1.165) is 6.07 Å². The molecule has 1 atom stereocenters. The maximum Gasteiger partial charge on any atom is 0.314 e. The van der Waals surface area contributed by atoms with E-state index >= 15 is 0 Å². The summed E-state index contributed by atoms with van der Waals surface area (Å²) < 4.78 is 30.6. The lowest BCUT2D eigenvalue weighted by molar-refractivity contribution is 0.0599. The molecule has 0 aliphatic heterocycles. The van der Waals surface area contributed by atoms with Crippen LogP contribution in [0.5, 0.6) is 0 Å². The van der Waals surface area contributed by atoms with E-state index < -0.39 is 23.8 Å². The Balaban J connectivity index is 2.18. The van der Waals surface area contributed by atoms with Crippen LogP contribution in [0.4, 0.5) is 13.6 Å². The predicted molar refractivity (Wildman–Crippen MR) is 74.0 cm³/mol. The fraction of sp³-hybridized carbons (Fsp3) is 0.500. The van der Waals surface area contributed by atoms with Gasteiger partial charge >= 0.3 is 6.03 Å². The molecule has 1 aromatic rings. The highest BCUT2D eigenvalue weighted by Crippen LogP contribution is 2.07. The van der Waals surface area contributed by atoms with Crippen LogP contribution in [-0.4, -0.2) is 44.0 Å². The Labute approximate surface area is 122 Å². The number of methoxy groups -OCH3 is 1. The average molecular weight is 302 g/mol. The molecule has 3 N–H and O–H groups in total. The molecule has 0 spiro atoms. The first-order valence-corrected chi connectivity index (χ1v) is 6.65. The zero-order chi connectivity index (χ0) is 15.7. The van der Waals surface area contributed by atoms with E-state index in [2.05, 4.69) is 10.6 Å². The van der Waals surface area contributed by atoms with Gasteiger partial charge in [0, 0.05) is 26.3 Å². The molecule has 0 aromatic heterocycles. The molecule has 21 heavy (non-hydrogen) atoms. The van der Waals surface area contributed by atoms with Crippen molar-refractivity contribution in [1.82, 2.24) is 10.6 Å². The normalized spacial score (nSPS) is 12.0. The lowest BCUT2D eigenvalue weighted by atomic mass is 10.1. The van der Waals surface area contributed by atoms with E-state index in [4.69, 9.17) is 4.74 Å². The zero-order valence-electron chi connectivity index (χ0n) is 11.9. The number of hydrogen-bond donors (Lipinski definition) is 3. The van der Waals surface area contributed by atoms with E-state index in [1.165, 1.54) is 19.2 Å². The van der Waals surface area contributed by atoms with E-state index in [9.17, 15) is 18.7 Å². The van der Waals surface area contributed by atoms with Crippen molar-refractivity contribution in [2.75, 3.05) is 26.8 Å². The molecule has 1 aromatic carbocycles. The molecule has 1 unspecified atom stereocenters. The first-order chi connectivity index (χ1) is 10.0. The molecule has 0 fully saturated rings. The van der Waals surface area contributed by atoms with Crippen LogP contribution in [0.1, 0.15) is 12.0 Å². The Morgan fingerprint density at radius 2 is 1.86 bits per heavy atom. The van der Waals surface area contributed by atoms with Crippen LogP contribution in [0.2, 0.25) is 0 Å². The first kappa shape index (κ1) is 17.3. The van der Waals surface area contributed by atoms with Gasteiger partial charge in [0.2, 0.25) is 0 Å². The number of aliphatic hydroxyl groups is 1. The van der Waals surface area contributed by atoms with Crippen molar-refractivity contribution < 1.29 is 23.4 Å². The van der Waals surface area contributed by atoms with Crippen LogP contribution >= 0.6 is 0 Å². The van der Waals surface area contributed by atoms with Gasteiger partial charge in [-0.15, -0.1) is 0 Å². The van der Waals surface area contributed by atoms with Crippen LogP contribution in [0, 0.1) is 11.6 Å². The maximum absolute atomic E-state index is 12.9. The van der Waals surface area contributed by atoms with Crippen LogP contribution in [0.3, 0.4) is 0 Å². The molecular weight excluding hydrogens is 282 g/mol. The van der Waals surface area contributed by atoms with Gasteiger partial charge in [0.25, 0.3) is 0 Å². The average Bonchev–Trinajstić information content (AvgIpc) is 2.37. The second-order valence-corrected chi connectivity index (χ2v) is 4.61. The van der Waals surface area contributed by atoms with Crippen LogP contribution in [0.25, 0.3) is 0 Å². The van der Waals surface area contributed by atoms with Gasteiger partial charge in [-0.25, -0.2) is 13.6 Å². The summed E-state index contributed by atoms with van der Waals surface area (Å²) in [4.78, 5) is 11.4. The molecule has 0 aliphatic carbocycles. The van der Waals surface area contributed by atoms with Crippen molar-refractivity contribution in [3.63, 3.8) is 0 Å². The van der Waals surface area contributed by atoms with Gasteiger partial charge in [0.15, 0.2) is 0 Å². The van der Waals surface area contributed by atoms with E-state index in [1.54, 1.807) is 0 Å². The number of nitrogens with one attached hydrogen (secondary N) is 2. The first-order valence-electron chi connectivity index (χ1n) is 6.65. The highest BCUT2D eigenvalue weighted by atomic mass is 19.1. The summed E-state index contributed by atoms with van der Waals surface area (Å²) in [6.45, 7) is 0.786. The lowest BCUT2D eigenvalue weighted by Crippen LogP contribution is -2.38. The molecule has 1 rings (SSSR count). The summed E-state index contributed by atoms with van der Waals surface area (Å²) in [5, 5.41) is 14.5. The minimum absolute atomic E-state index is 0.217. The number of hydrogen-bond acceptors (Lipinski definition) is 3. The van der Waals surface area contributed by atoms with Crippen molar-refractivity contribution in [2.24, 2.45) is 0 Å². The van der Waals surface area contributed by atoms with Crippen molar-refractivity contribution in [3.05, 3.63) is 35.4 Å². The summed E-state index contributed by atoms with van der Waals surface area (Å²) in [6.07, 6.45) is 0.0932. The molecule has 7 heteroatoms. The van der Waals surface area contributed by atoms with E-state index in [0.29, 0.717) is 24.9 Å². The Morgan fingerprint density at radius 3 is 2.48 bits per heavy atom. The highest BCUT2D eigenvalue weighted by Gasteiger charge is 2.05. The monoisotopic (exact) mass is 302 g/mol. The molecular formula is C14H20F2N2O3. The van der Waals surface area contributed by atoms with E-state index in [1.807, 2.05) is 0 Å². The van der Waals surface area contributed by atoms with Gasteiger partial charge < -0.3 is 20.5 Å². The number of halogens is 2. The maximum atomic E-state index is 12.9. The summed E-state index contributed by atoms with van der Waals surface area (Å²) >= 11 is 0. The summed E-state index contributed by atoms with van der Waals surface area (Å²) in [5.41, 5.74) is 0.475. The number of urea groups is 1. The second-order valence-electron chi connectivity index (χ2n) is 4.61. The molecule has 0 aliphatic rings. The van der Waals surface area contributed by atoms with Crippen LogP contribution < -0.4 is 10.6 Å². The molecule has 0 saturated heterocycles. The molecule has 0 heterocycles. The van der Waals surface area contributed by atoms with Crippen LogP contribution in [0.15, 0.2) is 18.2 Å². The fourth-order valence-electron chi connectivity index (χ4n) is 1.77. The van der Waals surface area contributed by atoms with Gasteiger partial charge in [-0.1, -0.05) is 0 Å². The number of carbonyl (C=O) groups is 1. The van der Waals surface area contributed by atoms with Crippen molar-refractivity contribution in [2.45, 2.75) is 18.9 Å². The molecule has 118 valence electrons. The van der Waals surface area contributed by atoms with Crippen LogP contribution in [-0.2, 0) is 11.2 Å². The summed E-state index contributed by atoms with van der Waals surface area (Å²) in [7, 11) is 1.48. The van der Waals surface area contributed by atoms with Gasteiger partial charge in [-0.2, -0.15) is 0 Å². The minimum Gasteiger partial charge on any atom is -0.391 e. The number of benzene rings is 1. The standard InChI is InChI=1S/C14H20F2N2O3/c1-21-9-13(19)3-5-18-14(20)17-4-2-10-6-11(15)8-12(16)7-10/h6-8,13,19H,2-5,9H2,1H3,(H2,17,18,20). The Hall–Kier alpha value is -1.73. The van der Waals surface area contributed by atoms with Gasteiger partial charge in [-0.05, 0) is 30.5 Å². The number of aliphatic hydroxyl groups excluding tert-OH is 1. The summed E-state index contributed by atoms with van der Waals surface area (Å²) in [5.74, 6) is -1.27. The van der Waals surface area contributed by atoms with E-state index in [-0.39, 0.29) is 13.2 Å². The minimum atomic E-state index is -0.637. The van der Waals surface area contributed by atoms with Gasteiger partial charge in [-0.3, -0.25) is 0 Å². The molecule has 0 saturated carbocycles. The third-order valence-electron chi connectivity index (χ3n) is 2.74. The number of carbonyl (C=O) groups excluding carboxylic acids is 1. The zero-order valence-corrected chi connectivity index (χ0v) is 11.9.